The number of hydrogen-bond donors (Lipinski definition) is 2. The molecule has 5 nitrogen and oxygen atoms in total. The third-order valence-corrected chi connectivity index (χ3v) is 6.10. The Morgan fingerprint density at radius 3 is 2.83 bits per heavy atom. The number of carbonyl (C=O) groups is 1. The number of fused-ring (bicyclic) bond motifs is 2. The van der Waals surface area contributed by atoms with E-state index in [-0.39, 0.29) is 5.91 Å². The van der Waals surface area contributed by atoms with Gasteiger partial charge >= 0.3 is 0 Å². The minimum Gasteiger partial charge on any atom is -0.352 e. The van der Waals surface area contributed by atoms with Gasteiger partial charge in [0.15, 0.2) is 5.82 Å². The van der Waals surface area contributed by atoms with Crippen molar-refractivity contribution < 1.29 is 4.79 Å². The normalized spacial score (nSPS) is 25.1. The number of nitrogens with one attached hydrogen (secondary N) is 2. The second kappa shape index (κ2) is 6.76. The van der Waals surface area contributed by atoms with Crippen LogP contribution in [0.2, 0.25) is 5.02 Å². The van der Waals surface area contributed by atoms with Crippen molar-refractivity contribution in [3.63, 3.8) is 0 Å². The van der Waals surface area contributed by atoms with Crippen molar-refractivity contribution in [2.24, 2.45) is 11.8 Å². The molecule has 1 heterocycles. The molecule has 126 valence electrons. The van der Waals surface area contributed by atoms with E-state index in [1.807, 2.05) is 24.3 Å². The van der Waals surface area contributed by atoms with E-state index in [4.69, 9.17) is 11.6 Å². The Morgan fingerprint density at radius 1 is 1.29 bits per heavy atom. The average molecular weight is 363 g/mol. The predicted octanol–water partition coefficient (Wildman–Crippen LogP) is 3.52. The summed E-state index contributed by atoms with van der Waals surface area (Å²) in [6, 6.07) is 7.79. The number of aromatic amines is 1. The van der Waals surface area contributed by atoms with Gasteiger partial charge in [-0.15, -0.1) is 5.10 Å². The van der Waals surface area contributed by atoms with E-state index >= 15 is 0 Å². The second-order valence-corrected chi connectivity index (χ2v) is 7.99. The molecule has 2 N–H and O–H groups in total. The Kier molecular flexibility index (Phi) is 4.50. The molecule has 4 rings (SSSR count). The number of carbonyl (C=O) groups excluding carboxylic acids is 1. The summed E-state index contributed by atoms with van der Waals surface area (Å²) < 4.78 is 0. The topological polar surface area (TPSA) is 70.7 Å². The molecule has 24 heavy (non-hydrogen) atoms. The number of aromatic nitrogens is 3. The lowest BCUT2D eigenvalue weighted by atomic mass is 9.95. The highest BCUT2D eigenvalue weighted by molar-refractivity contribution is 7.99. The first-order valence-corrected chi connectivity index (χ1v) is 9.64. The zero-order valence-corrected chi connectivity index (χ0v) is 14.7. The molecule has 2 fully saturated rings. The zero-order chi connectivity index (χ0) is 16.5. The lowest BCUT2D eigenvalue weighted by molar-refractivity contribution is -0.119. The van der Waals surface area contributed by atoms with Gasteiger partial charge in [-0.25, -0.2) is 4.98 Å². The van der Waals surface area contributed by atoms with Crippen LogP contribution in [-0.4, -0.2) is 32.9 Å². The Morgan fingerprint density at radius 2 is 2.12 bits per heavy atom. The third kappa shape index (κ3) is 3.44. The van der Waals surface area contributed by atoms with Crippen molar-refractivity contribution in [1.29, 1.82) is 0 Å². The van der Waals surface area contributed by atoms with Crippen molar-refractivity contribution >= 4 is 29.3 Å². The Hall–Kier alpha value is -1.53. The molecule has 0 saturated heterocycles. The van der Waals surface area contributed by atoms with Crippen molar-refractivity contribution in [1.82, 2.24) is 20.5 Å². The molecule has 2 saturated carbocycles. The van der Waals surface area contributed by atoms with E-state index in [1.165, 1.54) is 31.0 Å². The monoisotopic (exact) mass is 362 g/mol. The molecule has 2 bridgehead atoms. The minimum atomic E-state index is 0.0791. The van der Waals surface area contributed by atoms with Crippen LogP contribution in [0.4, 0.5) is 0 Å². The number of benzene rings is 1. The number of nitrogens with zero attached hydrogens (tertiary/aromatic N) is 2. The third-order valence-electron chi connectivity index (χ3n) is 5.00. The van der Waals surface area contributed by atoms with Gasteiger partial charge in [0.25, 0.3) is 0 Å². The number of amides is 1. The quantitative estimate of drug-likeness (QED) is 0.798. The summed E-state index contributed by atoms with van der Waals surface area (Å²) in [5, 5.41) is 11.5. The highest BCUT2D eigenvalue weighted by atomic mass is 35.5. The standard InChI is InChI=1S/C17H19ClN4OS/c18-13-5-3-11(4-6-13)16-20-17(22-21-16)24-9-15(23)19-14-8-10-1-2-12(14)7-10/h3-6,10,12,14H,1-2,7-9H2,(H,19,23)(H,20,21,22)/t10-,12+,14-/m1/s1. The second-order valence-electron chi connectivity index (χ2n) is 6.61. The van der Waals surface area contributed by atoms with E-state index in [0.717, 1.165) is 17.9 Å². The summed E-state index contributed by atoms with van der Waals surface area (Å²) in [5.41, 5.74) is 0.921. The molecule has 0 spiro atoms. The molecule has 1 aromatic carbocycles. The van der Waals surface area contributed by atoms with E-state index in [2.05, 4.69) is 20.5 Å². The van der Waals surface area contributed by atoms with Crippen LogP contribution in [0.5, 0.6) is 0 Å². The van der Waals surface area contributed by atoms with E-state index in [9.17, 15) is 4.79 Å². The van der Waals surface area contributed by atoms with Gasteiger partial charge in [0, 0.05) is 16.6 Å². The number of rotatable bonds is 5. The molecular formula is C17H19ClN4OS. The number of hydrogen-bond acceptors (Lipinski definition) is 4. The van der Waals surface area contributed by atoms with Crippen molar-refractivity contribution in [3.05, 3.63) is 29.3 Å². The largest absolute Gasteiger partial charge is 0.352 e. The van der Waals surface area contributed by atoms with Crippen LogP contribution in [0.15, 0.2) is 29.4 Å². The number of halogens is 1. The zero-order valence-electron chi connectivity index (χ0n) is 13.2. The summed E-state index contributed by atoms with van der Waals surface area (Å²) in [4.78, 5) is 16.6. The van der Waals surface area contributed by atoms with Crippen LogP contribution in [0.3, 0.4) is 0 Å². The van der Waals surface area contributed by atoms with Crippen LogP contribution in [0.25, 0.3) is 11.4 Å². The van der Waals surface area contributed by atoms with Crippen molar-refractivity contribution in [2.75, 3.05) is 5.75 Å². The summed E-state index contributed by atoms with van der Waals surface area (Å²) in [6.45, 7) is 0. The van der Waals surface area contributed by atoms with Gasteiger partial charge in [0.05, 0.1) is 5.75 Å². The van der Waals surface area contributed by atoms with Crippen molar-refractivity contribution in [2.45, 2.75) is 36.9 Å². The summed E-state index contributed by atoms with van der Waals surface area (Å²) >= 11 is 7.25. The molecule has 1 aromatic heterocycles. The fourth-order valence-electron chi connectivity index (χ4n) is 3.85. The molecule has 1 amide bonds. The molecule has 2 aromatic rings. The number of H-pyrrole nitrogens is 1. The van der Waals surface area contributed by atoms with Gasteiger partial charge in [0.2, 0.25) is 11.1 Å². The van der Waals surface area contributed by atoms with Crippen molar-refractivity contribution in [3.8, 4) is 11.4 Å². The first-order chi connectivity index (χ1) is 11.7. The fraction of sp³-hybridized carbons (Fsp3) is 0.471. The van der Waals surface area contributed by atoms with Gasteiger partial charge < -0.3 is 5.32 Å². The highest BCUT2D eigenvalue weighted by Crippen LogP contribution is 2.44. The Bertz CT molecular complexity index is 732. The lowest BCUT2D eigenvalue weighted by Gasteiger charge is -2.22. The van der Waals surface area contributed by atoms with E-state index in [1.54, 1.807) is 0 Å². The summed E-state index contributed by atoms with van der Waals surface area (Å²) in [7, 11) is 0. The van der Waals surface area contributed by atoms with Crippen LogP contribution in [0.1, 0.15) is 25.7 Å². The maximum atomic E-state index is 12.2. The maximum absolute atomic E-state index is 12.2. The molecule has 2 aliphatic carbocycles. The molecule has 2 aliphatic rings. The van der Waals surface area contributed by atoms with Gasteiger partial charge in [-0.2, -0.15) is 0 Å². The Balaban J connectivity index is 1.30. The number of thioether (sulfide) groups is 1. The predicted molar refractivity (Wildman–Crippen MR) is 94.9 cm³/mol. The smallest absolute Gasteiger partial charge is 0.230 e. The summed E-state index contributed by atoms with van der Waals surface area (Å²) in [6.07, 6.45) is 5.07. The minimum absolute atomic E-state index is 0.0791. The van der Waals surface area contributed by atoms with Gasteiger partial charge in [0.1, 0.15) is 0 Å². The van der Waals surface area contributed by atoms with Gasteiger partial charge in [-0.05, 0) is 55.4 Å². The molecule has 3 atom stereocenters. The van der Waals surface area contributed by atoms with Crippen LogP contribution in [-0.2, 0) is 4.79 Å². The maximum Gasteiger partial charge on any atom is 0.230 e. The lowest BCUT2D eigenvalue weighted by Crippen LogP contribution is -2.39. The van der Waals surface area contributed by atoms with Crippen LogP contribution >= 0.6 is 23.4 Å². The van der Waals surface area contributed by atoms with E-state index < -0.39 is 0 Å². The molecule has 0 radical (unpaired) electrons. The van der Waals surface area contributed by atoms with Gasteiger partial charge in [-0.1, -0.05) is 29.8 Å². The Labute approximate surface area is 150 Å². The fourth-order valence-corrected chi connectivity index (χ4v) is 4.58. The molecule has 0 unspecified atom stereocenters. The average Bonchev–Trinajstić information content (AvgIpc) is 3.30. The van der Waals surface area contributed by atoms with Crippen LogP contribution in [0, 0.1) is 11.8 Å². The SMILES string of the molecule is O=C(CSc1n[nH]c(-c2ccc(Cl)cc2)n1)N[C@@H]1C[C@@H]2CC[C@H]1C2. The molecule has 0 aliphatic heterocycles. The molecular weight excluding hydrogens is 344 g/mol. The molecule has 7 heteroatoms. The van der Waals surface area contributed by atoms with Gasteiger partial charge in [-0.3, -0.25) is 9.89 Å². The highest BCUT2D eigenvalue weighted by Gasteiger charge is 2.39. The van der Waals surface area contributed by atoms with E-state index in [0.29, 0.717) is 33.7 Å². The first kappa shape index (κ1) is 16.0. The summed E-state index contributed by atoms with van der Waals surface area (Å²) in [5.74, 6) is 2.65. The first-order valence-electron chi connectivity index (χ1n) is 8.28. The van der Waals surface area contributed by atoms with Crippen LogP contribution < -0.4 is 5.32 Å².